The summed E-state index contributed by atoms with van der Waals surface area (Å²) < 4.78 is 11.8. The number of hydrogen-bond donors (Lipinski definition) is 0. The predicted molar refractivity (Wildman–Crippen MR) is 77.3 cm³/mol. The average Bonchev–Trinajstić information content (AvgIpc) is 2.70. The number of ether oxygens (including phenoxy) is 2. The second kappa shape index (κ2) is 4.92. The number of esters is 1. The number of fused-ring (bicyclic) bond motifs is 2. The SMILES string of the molecule is CCC[C@@H]1C(=O)O[C@@H]2O[C@]3(C)CC[C@H]4[C@H](C)CC[C@@H]1[C@@]24OO3. The third kappa shape index (κ3) is 1.85. The molecule has 0 amide bonds. The fourth-order valence-electron chi connectivity index (χ4n) is 5.25. The lowest BCUT2D eigenvalue weighted by molar-refractivity contribution is -0.559. The van der Waals surface area contributed by atoms with Gasteiger partial charge in [0.05, 0.1) is 5.92 Å². The summed E-state index contributed by atoms with van der Waals surface area (Å²) >= 11 is 0. The molecular formula is C17H26O5. The Bertz CT molecular complexity index is 480. The van der Waals surface area contributed by atoms with Crippen molar-refractivity contribution >= 4 is 5.97 Å². The van der Waals surface area contributed by atoms with Crippen molar-refractivity contribution in [3.63, 3.8) is 0 Å². The Morgan fingerprint density at radius 3 is 2.77 bits per heavy atom. The molecule has 0 aromatic heterocycles. The van der Waals surface area contributed by atoms with E-state index in [0.717, 1.165) is 38.5 Å². The molecule has 0 aromatic rings. The van der Waals surface area contributed by atoms with Crippen LogP contribution in [-0.4, -0.2) is 23.6 Å². The number of rotatable bonds is 2. The summed E-state index contributed by atoms with van der Waals surface area (Å²) in [4.78, 5) is 24.3. The van der Waals surface area contributed by atoms with Crippen LogP contribution in [-0.2, 0) is 24.0 Å². The molecule has 0 unspecified atom stereocenters. The van der Waals surface area contributed by atoms with E-state index >= 15 is 0 Å². The highest BCUT2D eigenvalue weighted by Gasteiger charge is 2.70. The Morgan fingerprint density at radius 1 is 1.18 bits per heavy atom. The van der Waals surface area contributed by atoms with E-state index in [0.29, 0.717) is 11.8 Å². The van der Waals surface area contributed by atoms with E-state index in [1.807, 2.05) is 6.92 Å². The van der Waals surface area contributed by atoms with Gasteiger partial charge in [0.1, 0.15) is 0 Å². The topological polar surface area (TPSA) is 54.0 Å². The lowest BCUT2D eigenvalue weighted by atomic mass is 9.57. The summed E-state index contributed by atoms with van der Waals surface area (Å²) in [6, 6.07) is 0. The Morgan fingerprint density at radius 2 is 2.00 bits per heavy atom. The molecule has 124 valence electrons. The highest BCUT2D eigenvalue weighted by Crippen LogP contribution is 2.60. The van der Waals surface area contributed by atoms with Crippen molar-refractivity contribution in [2.24, 2.45) is 23.7 Å². The van der Waals surface area contributed by atoms with Crippen molar-refractivity contribution in [3.05, 3.63) is 0 Å². The van der Waals surface area contributed by atoms with Crippen molar-refractivity contribution in [1.82, 2.24) is 0 Å². The van der Waals surface area contributed by atoms with Crippen LogP contribution in [0.3, 0.4) is 0 Å². The van der Waals surface area contributed by atoms with Gasteiger partial charge in [-0.2, -0.15) is 0 Å². The largest absolute Gasteiger partial charge is 0.432 e. The quantitative estimate of drug-likeness (QED) is 0.579. The van der Waals surface area contributed by atoms with Gasteiger partial charge in [-0.05, 0) is 38.5 Å². The molecule has 4 saturated heterocycles. The first-order chi connectivity index (χ1) is 10.5. The molecule has 7 atom stereocenters. The van der Waals surface area contributed by atoms with Gasteiger partial charge in [0.2, 0.25) is 12.1 Å². The molecule has 5 rings (SSSR count). The van der Waals surface area contributed by atoms with Crippen molar-refractivity contribution in [1.29, 1.82) is 0 Å². The molecule has 0 radical (unpaired) electrons. The maximum absolute atomic E-state index is 12.5. The zero-order valence-electron chi connectivity index (χ0n) is 13.7. The van der Waals surface area contributed by atoms with Crippen molar-refractivity contribution in [3.8, 4) is 0 Å². The van der Waals surface area contributed by atoms with E-state index in [1.165, 1.54) is 0 Å². The summed E-state index contributed by atoms with van der Waals surface area (Å²) in [6.07, 6.45) is 5.10. The molecule has 4 aliphatic heterocycles. The van der Waals surface area contributed by atoms with E-state index in [-0.39, 0.29) is 17.8 Å². The van der Waals surface area contributed by atoms with Gasteiger partial charge in [-0.15, -0.1) is 0 Å². The first kappa shape index (κ1) is 14.9. The minimum atomic E-state index is -0.796. The van der Waals surface area contributed by atoms with Crippen LogP contribution < -0.4 is 0 Å². The predicted octanol–water partition coefficient (Wildman–Crippen LogP) is 3.18. The minimum absolute atomic E-state index is 0.0918. The Kier molecular flexibility index (Phi) is 3.34. The Labute approximate surface area is 131 Å². The van der Waals surface area contributed by atoms with Gasteiger partial charge < -0.3 is 9.47 Å². The summed E-state index contributed by atoms with van der Waals surface area (Å²) in [5.41, 5.74) is -0.610. The highest BCUT2D eigenvalue weighted by molar-refractivity contribution is 5.74. The normalized spacial score (nSPS) is 53.6. The fraction of sp³-hybridized carbons (Fsp3) is 0.941. The van der Waals surface area contributed by atoms with Crippen molar-refractivity contribution in [2.45, 2.75) is 77.0 Å². The maximum Gasteiger partial charge on any atom is 0.311 e. The lowest BCUT2D eigenvalue weighted by Gasteiger charge is -2.58. The molecule has 5 nitrogen and oxygen atoms in total. The molecule has 2 bridgehead atoms. The number of carbonyl (C=O) groups excluding carboxylic acids is 1. The molecule has 4 heterocycles. The van der Waals surface area contributed by atoms with Gasteiger partial charge in [-0.25, -0.2) is 9.78 Å². The van der Waals surface area contributed by atoms with E-state index < -0.39 is 17.7 Å². The summed E-state index contributed by atoms with van der Waals surface area (Å²) in [6.45, 7) is 6.27. The van der Waals surface area contributed by atoms with Gasteiger partial charge in [-0.1, -0.05) is 20.3 Å². The molecule has 5 fully saturated rings. The third-order valence-electron chi connectivity index (χ3n) is 6.39. The Hall–Kier alpha value is -0.650. The zero-order chi connectivity index (χ0) is 15.5. The van der Waals surface area contributed by atoms with Crippen LogP contribution in [0.15, 0.2) is 0 Å². The first-order valence-corrected chi connectivity index (χ1v) is 8.75. The first-order valence-electron chi connectivity index (χ1n) is 8.75. The summed E-state index contributed by atoms with van der Waals surface area (Å²) in [5.74, 6) is -0.00225. The average molecular weight is 310 g/mol. The van der Waals surface area contributed by atoms with Gasteiger partial charge in [0.15, 0.2) is 5.60 Å². The molecule has 1 aliphatic carbocycles. The van der Waals surface area contributed by atoms with Gasteiger partial charge >= 0.3 is 5.97 Å². The molecule has 0 aromatic carbocycles. The van der Waals surface area contributed by atoms with Crippen LogP contribution in [0.25, 0.3) is 0 Å². The van der Waals surface area contributed by atoms with Crippen LogP contribution in [0.2, 0.25) is 0 Å². The fourth-order valence-corrected chi connectivity index (χ4v) is 5.25. The molecule has 5 heteroatoms. The monoisotopic (exact) mass is 310 g/mol. The van der Waals surface area contributed by atoms with E-state index in [2.05, 4.69) is 13.8 Å². The molecule has 1 saturated carbocycles. The minimum Gasteiger partial charge on any atom is -0.432 e. The molecule has 22 heavy (non-hydrogen) atoms. The number of carbonyl (C=O) groups is 1. The van der Waals surface area contributed by atoms with Crippen molar-refractivity contribution in [2.75, 3.05) is 0 Å². The third-order valence-corrected chi connectivity index (χ3v) is 6.39. The van der Waals surface area contributed by atoms with E-state index in [9.17, 15) is 4.79 Å². The molecular weight excluding hydrogens is 284 g/mol. The highest BCUT2D eigenvalue weighted by atomic mass is 17.3. The lowest BCUT2D eigenvalue weighted by Crippen LogP contribution is -2.70. The molecule has 0 N–H and O–H groups in total. The van der Waals surface area contributed by atoms with E-state index in [4.69, 9.17) is 19.2 Å². The van der Waals surface area contributed by atoms with Gasteiger partial charge in [0.25, 0.3) is 0 Å². The molecule has 1 spiro atoms. The summed E-state index contributed by atoms with van der Waals surface area (Å²) in [7, 11) is 0. The maximum atomic E-state index is 12.5. The second-order valence-corrected chi connectivity index (χ2v) is 7.74. The van der Waals surface area contributed by atoms with E-state index in [1.54, 1.807) is 0 Å². The number of hydrogen-bond acceptors (Lipinski definition) is 5. The van der Waals surface area contributed by atoms with Crippen LogP contribution in [0.1, 0.15) is 59.3 Å². The standard InChI is InChI=1S/C17H26O5/c1-4-5-11-13-7-6-10(2)12-8-9-16(3)20-15(19-14(11)18)17(12,13)22-21-16/h10-13,15H,4-9H2,1-3H3/t10-,11+,12+,13+,15-,16+,17-/m1/s1. The van der Waals surface area contributed by atoms with Crippen LogP contribution in [0.5, 0.6) is 0 Å². The van der Waals surface area contributed by atoms with Crippen molar-refractivity contribution < 1.29 is 24.0 Å². The summed E-state index contributed by atoms with van der Waals surface area (Å²) in [5, 5.41) is 0. The van der Waals surface area contributed by atoms with Gasteiger partial charge in [-0.3, -0.25) is 4.79 Å². The van der Waals surface area contributed by atoms with Crippen LogP contribution >= 0.6 is 0 Å². The molecule has 5 aliphatic rings. The Balaban J connectivity index is 1.79. The second-order valence-electron chi connectivity index (χ2n) is 7.74. The zero-order valence-corrected chi connectivity index (χ0v) is 13.7. The smallest absolute Gasteiger partial charge is 0.311 e. The van der Waals surface area contributed by atoms with Crippen LogP contribution in [0, 0.1) is 23.7 Å². The van der Waals surface area contributed by atoms with Gasteiger partial charge in [0, 0.05) is 18.3 Å². The van der Waals surface area contributed by atoms with Crippen LogP contribution in [0.4, 0.5) is 0 Å².